The van der Waals surface area contributed by atoms with Crippen molar-refractivity contribution in [1.82, 2.24) is 4.90 Å². The number of carbonyl (C=O) groups is 1. The van der Waals surface area contributed by atoms with Gasteiger partial charge in [-0.3, -0.25) is 14.9 Å². The van der Waals surface area contributed by atoms with Gasteiger partial charge in [0.2, 0.25) is 5.82 Å². The summed E-state index contributed by atoms with van der Waals surface area (Å²) < 4.78 is 13.1. The molecule has 0 atom stereocenters. The molecule has 5 nitrogen and oxygen atoms in total. The van der Waals surface area contributed by atoms with Crippen LogP contribution in [0.3, 0.4) is 0 Å². The molecule has 0 saturated carbocycles. The van der Waals surface area contributed by atoms with Gasteiger partial charge in [-0.15, -0.1) is 0 Å². The molecule has 0 bridgehead atoms. The number of rotatable bonds is 4. The largest absolute Gasteiger partial charge is 0.342 e. The Bertz CT molecular complexity index is 448. The number of hydrogen-bond acceptors (Lipinski definition) is 3. The Labute approximate surface area is 98.0 Å². The van der Waals surface area contributed by atoms with Crippen LogP contribution in [0.2, 0.25) is 0 Å². The molecule has 0 spiro atoms. The first-order valence-electron chi connectivity index (χ1n) is 5.16. The molecular formula is C11H13FN2O3. The summed E-state index contributed by atoms with van der Waals surface area (Å²) in [6, 6.07) is 3.14. The molecule has 0 radical (unpaired) electrons. The van der Waals surface area contributed by atoms with E-state index in [0.717, 1.165) is 18.6 Å². The van der Waals surface area contributed by atoms with Crippen LogP contribution in [0.4, 0.5) is 10.1 Å². The lowest BCUT2D eigenvalue weighted by molar-refractivity contribution is -0.387. The van der Waals surface area contributed by atoms with E-state index in [0.29, 0.717) is 6.54 Å². The zero-order chi connectivity index (χ0) is 13.0. The van der Waals surface area contributed by atoms with Gasteiger partial charge < -0.3 is 4.90 Å². The average molecular weight is 240 g/mol. The summed E-state index contributed by atoms with van der Waals surface area (Å²) in [6.07, 6.45) is 0.783. The molecule has 6 heteroatoms. The number of hydrogen-bond donors (Lipinski definition) is 0. The maximum absolute atomic E-state index is 13.1. The van der Waals surface area contributed by atoms with E-state index in [-0.39, 0.29) is 11.5 Å². The van der Waals surface area contributed by atoms with Crippen molar-refractivity contribution in [2.75, 3.05) is 13.6 Å². The van der Waals surface area contributed by atoms with E-state index >= 15 is 0 Å². The van der Waals surface area contributed by atoms with Crippen LogP contribution in [0.15, 0.2) is 18.2 Å². The van der Waals surface area contributed by atoms with Crippen LogP contribution in [0, 0.1) is 15.9 Å². The summed E-state index contributed by atoms with van der Waals surface area (Å²) >= 11 is 0. The van der Waals surface area contributed by atoms with Crippen molar-refractivity contribution in [3.63, 3.8) is 0 Å². The third-order valence-corrected chi connectivity index (χ3v) is 2.30. The Morgan fingerprint density at radius 1 is 1.53 bits per heavy atom. The summed E-state index contributed by atoms with van der Waals surface area (Å²) in [7, 11) is 1.60. The van der Waals surface area contributed by atoms with E-state index in [9.17, 15) is 19.3 Å². The Hall–Kier alpha value is -1.98. The number of nitrogens with zero attached hydrogens (tertiary/aromatic N) is 2. The summed E-state index contributed by atoms with van der Waals surface area (Å²) in [5.74, 6) is -1.29. The molecule has 1 rings (SSSR count). The quantitative estimate of drug-likeness (QED) is 0.598. The number of nitro benzene ring substituents is 1. The highest BCUT2D eigenvalue weighted by Gasteiger charge is 2.19. The molecule has 0 N–H and O–H groups in total. The maximum Gasteiger partial charge on any atom is 0.305 e. The van der Waals surface area contributed by atoms with Crippen molar-refractivity contribution in [3.05, 3.63) is 39.7 Å². The van der Waals surface area contributed by atoms with E-state index in [1.807, 2.05) is 6.92 Å². The Morgan fingerprint density at radius 3 is 2.71 bits per heavy atom. The zero-order valence-electron chi connectivity index (χ0n) is 9.64. The predicted molar refractivity (Wildman–Crippen MR) is 60.3 cm³/mol. The highest BCUT2D eigenvalue weighted by atomic mass is 19.1. The molecule has 17 heavy (non-hydrogen) atoms. The first-order chi connectivity index (χ1) is 7.97. The summed E-state index contributed by atoms with van der Waals surface area (Å²) in [6.45, 7) is 2.46. The first kappa shape index (κ1) is 13.1. The predicted octanol–water partition coefficient (Wildman–Crippen LogP) is 2.22. The maximum atomic E-state index is 13.1. The molecule has 0 heterocycles. The average Bonchev–Trinajstić information content (AvgIpc) is 2.28. The van der Waals surface area contributed by atoms with Crippen LogP contribution in [-0.2, 0) is 0 Å². The van der Waals surface area contributed by atoms with Crippen molar-refractivity contribution in [2.24, 2.45) is 0 Å². The highest BCUT2D eigenvalue weighted by molar-refractivity contribution is 5.94. The van der Waals surface area contributed by atoms with Gasteiger partial charge in [0.1, 0.15) is 0 Å². The highest BCUT2D eigenvalue weighted by Crippen LogP contribution is 2.19. The van der Waals surface area contributed by atoms with Gasteiger partial charge in [0.15, 0.2) is 0 Å². The molecule has 0 aliphatic carbocycles. The molecule has 0 fully saturated rings. The molecule has 1 aromatic carbocycles. The van der Waals surface area contributed by atoms with Gasteiger partial charge in [0.05, 0.1) is 4.92 Å². The van der Waals surface area contributed by atoms with Gasteiger partial charge in [-0.1, -0.05) is 6.92 Å². The van der Waals surface area contributed by atoms with Crippen LogP contribution in [-0.4, -0.2) is 29.3 Å². The standard InChI is InChI=1S/C11H13FN2O3/c1-3-6-13(2)11(15)8-4-5-9(12)10(7-8)14(16)17/h4-5,7H,3,6H2,1-2H3. The third-order valence-electron chi connectivity index (χ3n) is 2.30. The Kier molecular flexibility index (Phi) is 4.14. The number of halogens is 1. The fourth-order valence-electron chi connectivity index (χ4n) is 1.44. The number of amides is 1. The minimum atomic E-state index is -0.940. The number of benzene rings is 1. The molecule has 92 valence electrons. The number of nitro groups is 1. The van der Waals surface area contributed by atoms with Crippen molar-refractivity contribution in [1.29, 1.82) is 0 Å². The molecule has 0 aliphatic heterocycles. The minimum absolute atomic E-state index is 0.119. The molecule has 0 unspecified atom stereocenters. The lowest BCUT2D eigenvalue weighted by atomic mass is 10.1. The minimum Gasteiger partial charge on any atom is -0.342 e. The van der Waals surface area contributed by atoms with Crippen LogP contribution < -0.4 is 0 Å². The van der Waals surface area contributed by atoms with Gasteiger partial charge in [-0.2, -0.15) is 4.39 Å². The van der Waals surface area contributed by atoms with Crippen molar-refractivity contribution in [2.45, 2.75) is 13.3 Å². The molecule has 0 aromatic heterocycles. The van der Waals surface area contributed by atoms with Crippen molar-refractivity contribution < 1.29 is 14.1 Å². The summed E-state index contributed by atoms with van der Waals surface area (Å²) in [4.78, 5) is 22.9. The van der Waals surface area contributed by atoms with Gasteiger partial charge in [0, 0.05) is 25.2 Å². The zero-order valence-corrected chi connectivity index (χ0v) is 9.64. The monoisotopic (exact) mass is 240 g/mol. The van der Waals surface area contributed by atoms with Gasteiger partial charge >= 0.3 is 5.69 Å². The molecular weight excluding hydrogens is 227 g/mol. The SMILES string of the molecule is CCCN(C)C(=O)c1ccc(F)c([N+](=O)[O-])c1. The Morgan fingerprint density at radius 2 is 2.18 bits per heavy atom. The molecule has 1 aromatic rings. The van der Waals surface area contributed by atoms with Gasteiger partial charge in [-0.05, 0) is 18.6 Å². The smallest absolute Gasteiger partial charge is 0.305 e. The van der Waals surface area contributed by atoms with E-state index in [4.69, 9.17) is 0 Å². The van der Waals surface area contributed by atoms with E-state index in [1.165, 1.54) is 11.0 Å². The van der Waals surface area contributed by atoms with E-state index < -0.39 is 16.4 Å². The summed E-state index contributed by atoms with van der Waals surface area (Å²) in [5.41, 5.74) is -0.560. The van der Waals surface area contributed by atoms with E-state index in [2.05, 4.69) is 0 Å². The second kappa shape index (κ2) is 5.38. The first-order valence-corrected chi connectivity index (χ1v) is 5.16. The van der Waals surface area contributed by atoms with Crippen LogP contribution >= 0.6 is 0 Å². The fraction of sp³-hybridized carbons (Fsp3) is 0.364. The molecule has 0 aliphatic rings. The van der Waals surface area contributed by atoms with Crippen molar-refractivity contribution >= 4 is 11.6 Å². The summed E-state index contributed by atoms with van der Waals surface area (Å²) in [5, 5.41) is 10.5. The normalized spacial score (nSPS) is 10.1. The third kappa shape index (κ3) is 2.99. The van der Waals surface area contributed by atoms with Gasteiger partial charge in [-0.25, -0.2) is 0 Å². The molecule has 0 saturated heterocycles. The second-order valence-electron chi connectivity index (χ2n) is 3.65. The fourth-order valence-corrected chi connectivity index (χ4v) is 1.44. The van der Waals surface area contributed by atoms with Crippen LogP contribution in [0.25, 0.3) is 0 Å². The van der Waals surface area contributed by atoms with Crippen LogP contribution in [0.5, 0.6) is 0 Å². The second-order valence-corrected chi connectivity index (χ2v) is 3.65. The molecule has 1 amide bonds. The van der Waals surface area contributed by atoms with Crippen molar-refractivity contribution in [3.8, 4) is 0 Å². The van der Waals surface area contributed by atoms with E-state index in [1.54, 1.807) is 7.05 Å². The lowest BCUT2D eigenvalue weighted by Gasteiger charge is -2.15. The lowest BCUT2D eigenvalue weighted by Crippen LogP contribution is -2.27. The number of carbonyl (C=O) groups excluding carboxylic acids is 1. The Balaban J connectivity index is 3.03. The van der Waals surface area contributed by atoms with Crippen LogP contribution in [0.1, 0.15) is 23.7 Å². The van der Waals surface area contributed by atoms with Gasteiger partial charge in [0.25, 0.3) is 5.91 Å². The topological polar surface area (TPSA) is 63.5 Å².